The van der Waals surface area contributed by atoms with Crippen molar-refractivity contribution in [1.82, 2.24) is 0 Å². The van der Waals surface area contributed by atoms with Gasteiger partial charge in [0.05, 0.1) is 11.9 Å². The van der Waals surface area contributed by atoms with E-state index in [1.807, 2.05) is 48.5 Å². The Morgan fingerprint density at radius 2 is 0.895 bits per heavy atom. The number of nitrogens with zero attached hydrogens (tertiary/aromatic N) is 2. The maximum Gasteiger partial charge on any atom is 0.0716 e. The number of carbonyl (C=O) groups is 2. The number of anilines is 2. The molecule has 192 valence electrons. The summed E-state index contributed by atoms with van der Waals surface area (Å²) in [6.45, 7) is 0. The van der Waals surface area contributed by atoms with Crippen molar-refractivity contribution in [1.29, 1.82) is 0 Å². The first-order valence-electron chi connectivity index (χ1n) is 12.2. The summed E-state index contributed by atoms with van der Waals surface area (Å²) >= 11 is 0. The van der Waals surface area contributed by atoms with Gasteiger partial charge in [-0.15, -0.1) is 0 Å². The highest BCUT2D eigenvalue weighted by atomic mass is 31.1. The molecule has 1 saturated heterocycles. The summed E-state index contributed by atoms with van der Waals surface area (Å²) in [5.41, 5.74) is 2.06. The van der Waals surface area contributed by atoms with E-state index in [-0.39, 0.29) is 11.1 Å². The number of carbonyl (C=O) groups excluding carboxylic acids is 2. The Labute approximate surface area is 224 Å². The van der Waals surface area contributed by atoms with Crippen LogP contribution in [-0.4, -0.2) is 37.1 Å². The summed E-state index contributed by atoms with van der Waals surface area (Å²) in [5, 5.41) is 25.7. The van der Waals surface area contributed by atoms with Crippen LogP contribution in [0, 0.1) is 0 Å². The Morgan fingerprint density at radius 1 is 0.526 bits per heavy atom. The molecular formula is C30H26N2O4P2-2. The number of carboxylic acids is 2. The summed E-state index contributed by atoms with van der Waals surface area (Å²) in [5.74, 6) is -2.37. The van der Waals surface area contributed by atoms with Crippen molar-refractivity contribution in [2.24, 2.45) is 0 Å². The highest BCUT2D eigenvalue weighted by Gasteiger charge is 2.28. The van der Waals surface area contributed by atoms with Crippen molar-refractivity contribution in [3.05, 3.63) is 120 Å². The molecule has 1 aliphatic heterocycles. The molecule has 6 nitrogen and oxygen atoms in total. The van der Waals surface area contributed by atoms with Gasteiger partial charge >= 0.3 is 0 Å². The second kappa shape index (κ2) is 11.8. The van der Waals surface area contributed by atoms with Crippen LogP contribution in [0.3, 0.4) is 0 Å². The minimum absolute atomic E-state index is 0.165. The minimum Gasteiger partial charge on any atom is -0.545 e. The van der Waals surface area contributed by atoms with E-state index in [2.05, 4.69) is 34.1 Å². The van der Waals surface area contributed by atoms with Crippen molar-refractivity contribution in [3.8, 4) is 0 Å². The van der Waals surface area contributed by atoms with Gasteiger partial charge in [-0.1, -0.05) is 84.9 Å². The fraction of sp³-hybridized carbons (Fsp3) is 0.133. The minimum atomic E-state index is -1.19. The Balaban J connectivity index is 1.58. The molecule has 0 atom stereocenters. The fourth-order valence-electron chi connectivity index (χ4n) is 4.59. The van der Waals surface area contributed by atoms with Gasteiger partial charge in [-0.3, -0.25) is 0 Å². The smallest absolute Gasteiger partial charge is 0.0716 e. The van der Waals surface area contributed by atoms with Gasteiger partial charge in [0, 0.05) is 36.5 Å². The van der Waals surface area contributed by atoms with Crippen LogP contribution in [0.25, 0.3) is 0 Å². The molecule has 0 amide bonds. The van der Waals surface area contributed by atoms with Crippen molar-refractivity contribution in [2.75, 3.05) is 34.9 Å². The van der Waals surface area contributed by atoms with E-state index >= 15 is 0 Å². The maximum absolute atomic E-state index is 11.6. The number of carboxylic acid groups (broad SMARTS) is 2. The van der Waals surface area contributed by atoms with E-state index < -0.39 is 27.8 Å². The second-order valence-electron chi connectivity index (χ2n) is 9.07. The van der Waals surface area contributed by atoms with Gasteiger partial charge < -0.3 is 29.6 Å². The summed E-state index contributed by atoms with van der Waals surface area (Å²) < 4.78 is 0. The number of aromatic carboxylic acids is 2. The average molecular weight is 540 g/mol. The molecule has 1 fully saturated rings. The number of hydrogen-bond acceptors (Lipinski definition) is 6. The predicted octanol–water partition coefficient (Wildman–Crippen LogP) is 3.19. The lowest BCUT2D eigenvalue weighted by Crippen LogP contribution is -2.38. The SMILES string of the molecule is O=C([O-])c1cccc(N2CP(c3ccccc3)CN(c3cccc(C(=O)[O-])c3)CP(c3ccccc3)C2)c1. The topological polar surface area (TPSA) is 86.7 Å². The molecule has 0 aromatic heterocycles. The van der Waals surface area contributed by atoms with Crippen LogP contribution in [0.4, 0.5) is 11.4 Å². The van der Waals surface area contributed by atoms with Crippen LogP contribution in [-0.2, 0) is 0 Å². The first-order chi connectivity index (χ1) is 18.5. The number of hydrogen-bond donors (Lipinski definition) is 0. The van der Waals surface area contributed by atoms with Gasteiger partial charge in [-0.2, -0.15) is 0 Å². The molecule has 0 radical (unpaired) electrons. The van der Waals surface area contributed by atoms with Crippen molar-refractivity contribution >= 4 is 49.8 Å². The van der Waals surface area contributed by atoms with E-state index in [1.165, 1.54) is 10.6 Å². The normalized spacial score (nSPS) is 17.9. The molecule has 0 unspecified atom stereocenters. The van der Waals surface area contributed by atoms with Gasteiger partial charge in [0.15, 0.2) is 0 Å². The molecule has 4 aromatic carbocycles. The molecule has 0 spiro atoms. The Morgan fingerprint density at radius 3 is 1.24 bits per heavy atom. The van der Waals surface area contributed by atoms with E-state index in [0.717, 1.165) is 36.5 Å². The molecule has 0 saturated carbocycles. The van der Waals surface area contributed by atoms with Gasteiger partial charge in [-0.05, 0) is 61.8 Å². The second-order valence-corrected chi connectivity index (χ2v) is 13.4. The molecule has 4 aromatic rings. The van der Waals surface area contributed by atoms with Crippen molar-refractivity contribution in [2.45, 2.75) is 0 Å². The zero-order valence-electron chi connectivity index (χ0n) is 20.6. The van der Waals surface area contributed by atoms with Gasteiger partial charge in [0.25, 0.3) is 0 Å². The molecule has 0 aliphatic carbocycles. The molecule has 0 bridgehead atoms. The quantitative estimate of drug-likeness (QED) is 0.350. The molecular weight excluding hydrogens is 514 g/mol. The molecule has 5 rings (SSSR count). The van der Waals surface area contributed by atoms with Gasteiger partial charge in [-0.25, -0.2) is 0 Å². The van der Waals surface area contributed by atoms with E-state index in [9.17, 15) is 19.8 Å². The first kappa shape index (κ1) is 25.9. The third kappa shape index (κ3) is 6.05. The van der Waals surface area contributed by atoms with Crippen LogP contribution < -0.4 is 30.6 Å². The largest absolute Gasteiger partial charge is 0.545 e. The highest BCUT2D eigenvalue weighted by Crippen LogP contribution is 2.47. The summed E-state index contributed by atoms with van der Waals surface area (Å²) in [7, 11) is -1.48. The zero-order chi connectivity index (χ0) is 26.5. The Kier molecular flexibility index (Phi) is 8.03. The van der Waals surface area contributed by atoms with Crippen LogP contribution in [0.1, 0.15) is 20.7 Å². The standard InChI is InChI=1S/C30H28N2O4P2/c33-29(34)23-9-7-11-25(17-23)31-19-37(27-13-3-1-4-14-27)20-32(26-12-8-10-24(18-26)30(35)36)22-38(21-31)28-15-5-2-6-16-28/h1-18H,19-22H2,(H,33,34)(H,35,36)/p-2. The number of benzene rings is 4. The maximum atomic E-state index is 11.6. The summed E-state index contributed by atoms with van der Waals surface area (Å²) in [6.07, 6.45) is 2.94. The number of rotatable bonds is 6. The Bertz CT molecular complexity index is 1300. The van der Waals surface area contributed by atoms with Crippen LogP contribution in [0.5, 0.6) is 0 Å². The lowest BCUT2D eigenvalue weighted by molar-refractivity contribution is -0.256. The van der Waals surface area contributed by atoms with Crippen LogP contribution in [0.2, 0.25) is 0 Å². The third-order valence-corrected chi connectivity index (χ3v) is 11.3. The van der Waals surface area contributed by atoms with E-state index in [0.29, 0.717) is 0 Å². The fourth-order valence-corrected chi connectivity index (χ4v) is 9.63. The van der Waals surface area contributed by atoms with Crippen LogP contribution in [0.15, 0.2) is 109 Å². The first-order valence-corrected chi connectivity index (χ1v) is 15.6. The summed E-state index contributed by atoms with van der Waals surface area (Å²) in [4.78, 5) is 27.9. The highest BCUT2D eigenvalue weighted by molar-refractivity contribution is 7.67. The van der Waals surface area contributed by atoms with Crippen LogP contribution >= 0.6 is 15.8 Å². The summed E-state index contributed by atoms with van der Waals surface area (Å²) in [6, 6.07) is 34.7. The Hall–Kier alpha value is -3.72. The predicted molar refractivity (Wildman–Crippen MR) is 152 cm³/mol. The van der Waals surface area contributed by atoms with Crippen molar-refractivity contribution < 1.29 is 19.8 Å². The zero-order valence-corrected chi connectivity index (χ0v) is 22.4. The molecule has 1 aliphatic rings. The van der Waals surface area contributed by atoms with Crippen molar-refractivity contribution in [3.63, 3.8) is 0 Å². The molecule has 1 heterocycles. The molecule has 8 heteroatoms. The molecule has 38 heavy (non-hydrogen) atoms. The third-order valence-electron chi connectivity index (χ3n) is 6.50. The van der Waals surface area contributed by atoms with Gasteiger partial charge in [0.1, 0.15) is 0 Å². The lowest BCUT2D eigenvalue weighted by atomic mass is 10.2. The van der Waals surface area contributed by atoms with E-state index in [1.54, 1.807) is 36.4 Å². The average Bonchev–Trinajstić information content (AvgIpc) is 2.94. The monoisotopic (exact) mass is 540 g/mol. The van der Waals surface area contributed by atoms with Gasteiger partial charge in [0.2, 0.25) is 0 Å². The lowest BCUT2D eigenvalue weighted by Gasteiger charge is -2.41. The molecule has 0 N–H and O–H groups in total. The van der Waals surface area contributed by atoms with E-state index in [4.69, 9.17) is 0 Å².